The molecular weight excluding hydrogens is 295 g/mol. The standard InChI is InChI=1S/C15H20ClFN2O2/c1-18-7-5-15(21,6-8-18)10-19(2)14(20)12-9-11(16)3-4-13(12)17/h3-4,9,21H,5-8,10H2,1-2H3. The van der Waals surface area contributed by atoms with Gasteiger partial charge in [-0.2, -0.15) is 0 Å². The van der Waals surface area contributed by atoms with Crippen molar-refractivity contribution in [1.82, 2.24) is 9.80 Å². The second-order valence-electron chi connectivity index (χ2n) is 5.81. The van der Waals surface area contributed by atoms with Crippen molar-refractivity contribution >= 4 is 17.5 Å². The number of likely N-dealkylation sites (tertiary alicyclic amines) is 1. The number of nitrogens with zero attached hydrogens (tertiary/aromatic N) is 2. The molecule has 1 aromatic carbocycles. The van der Waals surface area contributed by atoms with Crippen LogP contribution in [0.5, 0.6) is 0 Å². The molecule has 0 aromatic heterocycles. The Balaban J connectivity index is 2.07. The molecule has 0 saturated carbocycles. The van der Waals surface area contributed by atoms with E-state index in [9.17, 15) is 14.3 Å². The minimum absolute atomic E-state index is 0.0680. The predicted octanol–water partition coefficient (Wildman–Crippen LogP) is 2.01. The number of hydrogen-bond donors (Lipinski definition) is 1. The first-order valence-electron chi connectivity index (χ1n) is 6.92. The SMILES string of the molecule is CN1CCC(O)(CN(C)C(=O)c2cc(Cl)ccc2F)CC1. The molecule has 1 aliphatic rings. The number of benzene rings is 1. The summed E-state index contributed by atoms with van der Waals surface area (Å²) in [5, 5.41) is 10.9. The van der Waals surface area contributed by atoms with Crippen LogP contribution in [0, 0.1) is 5.82 Å². The van der Waals surface area contributed by atoms with E-state index >= 15 is 0 Å². The van der Waals surface area contributed by atoms with Gasteiger partial charge in [0, 0.05) is 31.7 Å². The van der Waals surface area contributed by atoms with Crippen LogP contribution in [-0.2, 0) is 0 Å². The fourth-order valence-electron chi connectivity index (χ4n) is 2.57. The van der Waals surface area contributed by atoms with Gasteiger partial charge in [-0.3, -0.25) is 4.79 Å². The van der Waals surface area contributed by atoms with Crippen molar-refractivity contribution in [2.45, 2.75) is 18.4 Å². The van der Waals surface area contributed by atoms with Gasteiger partial charge in [-0.05, 0) is 38.1 Å². The molecule has 116 valence electrons. The van der Waals surface area contributed by atoms with Crippen molar-refractivity contribution in [3.63, 3.8) is 0 Å². The number of carbonyl (C=O) groups is 1. The Labute approximate surface area is 129 Å². The average molecular weight is 315 g/mol. The van der Waals surface area contributed by atoms with Crippen molar-refractivity contribution in [1.29, 1.82) is 0 Å². The van der Waals surface area contributed by atoms with Gasteiger partial charge in [-0.25, -0.2) is 4.39 Å². The third-order valence-corrected chi connectivity index (χ3v) is 4.19. The van der Waals surface area contributed by atoms with Gasteiger partial charge in [-0.1, -0.05) is 11.6 Å². The van der Waals surface area contributed by atoms with E-state index in [2.05, 4.69) is 4.90 Å². The Bertz CT molecular complexity index is 530. The summed E-state index contributed by atoms with van der Waals surface area (Å²) in [6.07, 6.45) is 1.19. The van der Waals surface area contributed by atoms with Gasteiger partial charge < -0.3 is 14.9 Å². The van der Waals surface area contributed by atoms with Crippen LogP contribution in [0.4, 0.5) is 4.39 Å². The largest absolute Gasteiger partial charge is 0.388 e. The molecule has 0 unspecified atom stereocenters. The molecule has 4 nitrogen and oxygen atoms in total. The molecule has 0 bridgehead atoms. The lowest BCUT2D eigenvalue weighted by atomic mass is 9.91. The Morgan fingerprint density at radius 3 is 2.71 bits per heavy atom. The molecular formula is C15H20ClFN2O2. The van der Waals surface area contributed by atoms with Gasteiger partial charge in [-0.15, -0.1) is 0 Å². The van der Waals surface area contributed by atoms with E-state index in [0.717, 1.165) is 13.1 Å². The number of aliphatic hydroxyl groups is 1. The maximum atomic E-state index is 13.7. The minimum atomic E-state index is -0.911. The number of amides is 1. The quantitative estimate of drug-likeness (QED) is 0.928. The number of likely N-dealkylation sites (N-methyl/N-ethyl adjacent to an activating group) is 1. The zero-order valence-electron chi connectivity index (χ0n) is 12.3. The molecule has 21 heavy (non-hydrogen) atoms. The molecule has 1 saturated heterocycles. The van der Waals surface area contributed by atoms with Crippen LogP contribution in [0.1, 0.15) is 23.2 Å². The maximum absolute atomic E-state index is 13.7. The van der Waals surface area contributed by atoms with E-state index in [4.69, 9.17) is 11.6 Å². The molecule has 0 radical (unpaired) electrons. The van der Waals surface area contributed by atoms with Crippen LogP contribution in [-0.4, -0.2) is 60.1 Å². The third kappa shape index (κ3) is 3.93. The van der Waals surface area contributed by atoms with Crippen molar-refractivity contribution in [2.75, 3.05) is 33.7 Å². The highest BCUT2D eigenvalue weighted by atomic mass is 35.5. The summed E-state index contributed by atoms with van der Waals surface area (Å²) in [5.74, 6) is -1.08. The molecule has 1 heterocycles. The van der Waals surface area contributed by atoms with E-state index < -0.39 is 17.3 Å². The highest BCUT2D eigenvalue weighted by Gasteiger charge is 2.34. The Hall–Kier alpha value is -1.17. The van der Waals surface area contributed by atoms with Gasteiger partial charge in [0.15, 0.2) is 0 Å². The second-order valence-corrected chi connectivity index (χ2v) is 6.25. The van der Waals surface area contributed by atoms with Crippen molar-refractivity contribution in [3.8, 4) is 0 Å². The summed E-state index contributed by atoms with van der Waals surface area (Å²) in [6.45, 7) is 1.75. The Morgan fingerprint density at radius 1 is 1.48 bits per heavy atom. The molecule has 1 amide bonds. The first-order chi connectivity index (χ1) is 9.81. The van der Waals surface area contributed by atoms with Crippen LogP contribution in [0.15, 0.2) is 18.2 Å². The zero-order valence-corrected chi connectivity index (χ0v) is 13.0. The number of rotatable bonds is 3. The van der Waals surface area contributed by atoms with Crippen LogP contribution < -0.4 is 0 Å². The lowest BCUT2D eigenvalue weighted by Crippen LogP contribution is -2.50. The molecule has 6 heteroatoms. The summed E-state index contributed by atoms with van der Waals surface area (Å²) < 4.78 is 13.7. The minimum Gasteiger partial charge on any atom is -0.388 e. The van der Waals surface area contributed by atoms with E-state index in [1.165, 1.54) is 23.1 Å². The van der Waals surface area contributed by atoms with Gasteiger partial charge in [0.05, 0.1) is 11.2 Å². The molecule has 1 aromatic rings. The first kappa shape index (κ1) is 16.2. The van der Waals surface area contributed by atoms with Crippen molar-refractivity contribution < 1.29 is 14.3 Å². The monoisotopic (exact) mass is 314 g/mol. The highest BCUT2D eigenvalue weighted by Crippen LogP contribution is 2.23. The molecule has 1 fully saturated rings. The smallest absolute Gasteiger partial charge is 0.256 e. The van der Waals surface area contributed by atoms with Crippen LogP contribution in [0.3, 0.4) is 0 Å². The van der Waals surface area contributed by atoms with Gasteiger partial charge in [0.1, 0.15) is 5.82 Å². The first-order valence-corrected chi connectivity index (χ1v) is 7.30. The molecule has 0 atom stereocenters. The normalized spacial score (nSPS) is 18.5. The number of hydrogen-bond acceptors (Lipinski definition) is 3. The number of halogens is 2. The van der Waals surface area contributed by atoms with Crippen LogP contribution in [0.2, 0.25) is 5.02 Å². The second kappa shape index (κ2) is 6.30. The van der Waals surface area contributed by atoms with Crippen LogP contribution in [0.25, 0.3) is 0 Å². The number of carbonyl (C=O) groups excluding carboxylic acids is 1. The van der Waals surface area contributed by atoms with Gasteiger partial charge in [0.25, 0.3) is 5.91 Å². The zero-order chi connectivity index (χ0) is 15.6. The molecule has 1 aliphatic heterocycles. The van der Waals surface area contributed by atoms with Gasteiger partial charge in [0.2, 0.25) is 0 Å². The number of piperidine rings is 1. The highest BCUT2D eigenvalue weighted by molar-refractivity contribution is 6.30. The fraction of sp³-hybridized carbons (Fsp3) is 0.533. The van der Waals surface area contributed by atoms with Crippen LogP contribution >= 0.6 is 11.6 Å². The molecule has 0 spiro atoms. The fourth-order valence-corrected chi connectivity index (χ4v) is 2.75. The lowest BCUT2D eigenvalue weighted by Gasteiger charge is -2.38. The summed E-state index contributed by atoms with van der Waals surface area (Å²) in [6, 6.07) is 3.89. The molecule has 1 N–H and O–H groups in total. The van der Waals surface area contributed by atoms with E-state index in [1.54, 1.807) is 7.05 Å². The maximum Gasteiger partial charge on any atom is 0.256 e. The average Bonchev–Trinajstić information content (AvgIpc) is 2.44. The third-order valence-electron chi connectivity index (χ3n) is 3.95. The summed E-state index contributed by atoms with van der Waals surface area (Å²) in [7, 11) is 3.56. The Morgan fingerprint density at radius 2 is 2.10 bits per heavy atom. The Kier molecular flexibility index (Phi) is 4.86. The summed E-state index contributed by atoms with van der Waals surface area (Å²) in [4.78, 5) is 15.8. The van der Waals surface area contributed by atoms with Crippen molar-refractivity contribution in [3.05, 3.63) is 34.6 Å². The van der Waals surface area contributed by atoms with E-state index in [1.807, 2.05) is 7.05 Å². The molecule has 0 aliphatic carbocycles. The lowest BCUT2D eigenvalue weighted by molar-refractivity contribution is -0.0330. The topological polar surface area (TPSA) is 43.8 Å². The van der Waals surface area contributed by atoms with Crippen molar-refractivity contribution in [2.24, 2.45) is 0 Å². The predicted molar refractivity (Wildman–Crippen MR) is 80.1 cm³/mol. The van der Waals surface area contributed by atoms with E-state index in [0.29, 0.717) is 17.9 Å². The molecule has 2 rings (SSSR count). The van der Waals surface area contributed by atoms with Gasteiger partial charge >= 0.3 is 0 Å². The van der Waals surface area contributed by atoms with E-state index in [-0.39, 0.29) is 12.1 Å². The summed E-state index contributed by atoms with van der Waals surface area (Å²) in [5.41, 5.74) is -0.979. The summed E-state index contributed by atoms with van der Waals surface area (Å²) >= 11 is 5.81.